The lowest BCUT2D eigenvalue weighted by Crippen LogP contribution is -2.47. The number of aryl methyl sites for hydroxylation is 1. The van der Waals surface area contributed by atoms with Gasteiger partial charge >= 0.3 is 0 Å². The lowest BCUT2D eigenvalue weighted by molar-refractivity contribution is 0.455. The maximum Gasteiger partial charge on any atom is 0.254 e. The Morgan fingerprint density at radius 3 is 2.48 bits per heavy atom. The van der Waals surface area contributed by atoms with Crippen LogP contribution >= 0.6 is 0 Å². The van der Waals surface area contributed by atoms with E-state index >= 15 is 0 Å². The van der Waals surface area contributed by atoms with E-state index in [1.54, 1.807) is 12.7 Å². The summed E-state index contributed by atoms with van der Waals surface area (Å²) in [6.45, 7) is 6.17. The monoisotopic (exact) mass is 364 g/mol. The largest absolute Gasteiger partial charge is 0.356 e. The molecule has 1 saturated carbocycles. The van der Waals surface area contributed by atoms with Gasteiger partial charge in [0, 0.05) is 42.6 Å². The molecule has 0 spiro atoms. The van der Waals surface area contributed by atoms with Crippen LogP contribution in [0.3, 0.4) is 0 Å². The quantitative estimate of drug-likeness (QED) is 0.702. The fourth-order valence-corrected chi connectivity index (χ4v) is 4.20. The van der Waals surface area contributed by atoms with Gasteiger partial charge < -0.3 is 9.80 Å². The summed E-state index contributed by atoms with van der Waals surface area (Å²) in [6.07, 6.45) is 9.84. The van der Waals surface area contributed by atoms with E-state index in [4.69, 9.17) is 0 Å². The SMILES string of the molecule is Cc1nc2ncnn2c(N2CCC(N(c3ccncn3)C3CC3)CC2)c1C. The second kappa shape index (κ2) is 6.44. The molecule has 140 valence electrons. The van der Waals surface area contributed by atoms with Crippen LogP contribution in [0.15, 0.2) is 24.9 Å². The Balaban J connectivity index is 1.39. The minimum atomic E-state index is 0.526. The maximum absolute atomic E-state index is 4.55. The molecule has 2 fully saturated rings. The van der Waals surface area contributed by atoms with E-state index in [9.17, 15) is 0 Å². The van der Waals surface area contributed by atoms with Gasteiger partial charge in [-0.3, -0.25) is 0 Å². The molecule has 2 aliphatic rings. The first kappa shape index (κ1) is 16.4. The first-order chi connectivity index (χ1) is 13.2. The van der Waals surface area contributed by atoms with Crippen LogP contribution in [0.4, 0.5) is 11.6 Å². The average molecular weight is 364 g/mol. The maximum atomic E-state index is 4.55. The van der Waals surface area contributed by atoms with Crippen LogP contribution < -0.4 is 9.80 Å². The van der Waals surface area contributed by atoms with Gasteiger partial charge in [-0.15, -0.1) is 0 Å². The van der Waals surface area contributed by atoms with Crippen molar-refractivity contribution in [3.63, 3.8) is 0 Å². The van der Waals surface area contributed by atoms with Gasteiger partial charge in [-0.1, -0.05) is 0 Å². The standard InChI is InChI=1S/C19H24N8/c1-13-14(2)24-19-22-12-23-27(19)18(13)25-9-6-16(7-10-25)26(15-3-4-15)17-5-8-20-11-21-17/h5,8,11-12,15-16H,3-4,6-7,9-10H2,1-2H3. The molecular formula is C19H24N8. The normalized spacial score (nSPS) is 18.2. The summed E-state index contributed by atoms with van der Waals surface area (Å²) in [6, 6.07) is 3.21. The van der Waals surface area contributed by atoms with E-state index in [0.717, 1.165) is 43.3 Å². The van der Waals surface area contributed by atoms with E-state index < -0.39 is 0 Å². The molecule has 1 aliphatic carbocycles. The van der Waals surface area contributed by atoms with Gasteiger partial charge in [-0.05, 0) is 45.6 Å². The Hall–Kier alpha value is -2.77. The van der Waals surface area contributed by atoms with E-state index in [1.165, 1.54) is 18.4 Å². The predicted molar refractivity (Wildman–Crippen MR) is 103 cm³/mol. The number of piperidine rings is 1. The van der Waals surface area contributed by atoms with Crippen molar-refractivity contribution in [2.24, 2.45) is 0 Å². The van der Waals surface area contributed by atoms with E-state index in [2.05, 4.69) is 41.8 Å². The zero-order valence-corrected chi connectivity index (χ0v) is 15.8. The fourth-order valence-electron chi connectivity index (χ4n) is 4.20. The summed E-state index contributed by atoms with van der Waals surface area (Å²) in [7, 11) is 0. The number of fused-ring (bicyclic) bond motifs is 1. The third-order valence-electron chi connectivity index (χ3n) is 5.80. The molecule has 1 aliphatic heterocycles. The van der Waals surface area contributed by atoms with Crippen LogP contribution in [0.2, 0.25) is 0 Å². The predicted octanol–water partition coefficient (Wildman–Crippen LogP) is 2.17. The summed E-state index contributed by atoms with van der Waals surface area (Å²) in [5.74, 6) is 2.88. The summed E-state index contributed by atoms with van der Waals surface area (Å²) in [5.41, 5.74) is 2.20. The highest BCUT2D eigenvalue weighted by molar-refractivity contribution is 5.54. The number of rotatable bonds is 4. The summed E-state index contributed by atoms with van der Waals surface area (Å²) >= 11 is 0. The Morgan fingerprint density at radius 2 is 1.78 bits per heavy atom. The molecule has 0 atom stereocenters. The first-order valence-electron chi connectivity index (χ1n) is 9.68. The van der Waals surface area contributed by atoms with E-state index in [1.807, 2.05) is 23.7 Å². The van der Waals surface area contributed by atoms with Crippen LogP contribution in [-0.2, 0) is 0 Å². The van der Waals surface area contributed by atoms with Gasteiger partial charge in [0.15, 0.2) is 0 Å². The molecule has 8 nitrogen and oxygen atoms in total. The van der Waals surface area contributed by atoms with Gasteiger partial charge in [0.25, 0.3) is 5.78 Å². The van der Waals surface area contributed by atoms with Crippen molar-refractivity contribution >= 4 is 17.4 Å². The molecule has 3 aromatic rings. The first-order valence-corrected chi connectivity index (χ1v) is 9.68. The molecule has 5 rings (SSSR count). The molecule has 0 N–H and O–H groups in total. The second-order valence-electron chi connectivity index (χ2n) is 7.54. The van der Waals surface area contributed by atoms with Crippen molar-refractivity contribution in [1.82, 2.24) is 29.5 Å². The highest BCUT2D eigenvalue weighted by Gasteiger charge is 2.37. The molecule has 4 heterocycles. The van der Waals surface area contributed by atoms with E-state index in [-0.39, 0.29) is 0 Å². The zero-order chi connectivity index (χ0) is 18.4. The molecule has 8 heteroatoms. The number of aromatic nitrogens is 6. The molecular weight excluding hydrogens is 340 g/mol. The number of hydrogen-bond acceptors (Lipinski definition) is 7. The van der Waals surface area contributed by atoms with Gasteiger partial charge in [0.2, 0.25) is 0 Å². The summed E-state index contributed by atoms with van der Waals surface area (Å²) in [4.78, 5) is 22.4. The Morgan fingerprint density at radius 1 is 1.00 bits per heavy atom. The van der Waals surface area contributed by atoms with Crippen LogP contribution in [0.1, 0.15) is 36.9 Å². The number of hydrogen-bond donors (Lipinski definition) is 0. The fraction of sp³-hybridized carbons (Fsp3) is 0.526. The molecule has 3 aromatic heterocycles. The molecule has 0 amide bonds. The van der Waals surface area contributed by atoms with Gasteiger partial charge in [-0.25, -0.2) is 15.0 Å². The molecule has 0 aromatic carbocycles. The molecule has 0 radical (unpaired) electrons. The van der Waals surface area contributed by atoms with Crippen molar-refractivity contribution < 1.29 is 0 Å². The van der Waals surface area contributed by atoms with Gasteiger partial charge in [0.1, 0.15) is 24.3 Å². The highest BCUT2D eigenvalue weighted by Crippen LogP contribution is 2.36. The van der Waals surface area contributed by atoms with Crippen LogP contribution in [-0.4, -0.2) is 54.7 Å². The van der Waals surface area contributed by atoms with Crippen molar-refractivity contribution in [1.29, 1.82) is 0 Å². The minimum Gasteiger partial charge on any atom is -0.356 e. The molecule has 27 heavy (non-hydrogen) atoms. The topological polar surface area (TPSA) is 75.3 Å². The minimum absolute atomic E-state index is 0.526. The van der Waals surface area contributed by atoms with Crippen LogP contribution in [0.25, 0.3) is 5.78 Å². The smallest absolute Gasteiger partial charge is 0.254 e. The van der Waals surface area contributed by atoms with Gasteiger partial charge in [0.05, 0.1) is 0 Å². The van der Waals surface area contributed by atoms with Crippen molar-refractivity contribution in [2.75, 3.05) is 22.9 Å². The summed E-state index contributed by atoms with van der Waals surface area (Å²) < 4.78 is 1.88. The van der Waals surface area contributed by atoms with Crippen molar-refractivity contribution in [3.8, 4) is 0 Å². The Kier molecular flexibility index (Phi) is 3.91. The van der Waals surface area contributed by atoms with Crippen molar-refractivity contribution in [2.45, 2.75) is 51.6 Å². The van der Waals surface area contributed by atoms with Crippen LogP contribution in [0, 0.1) is 13.8 Å². The van der Waals surface area contributed by atoms with Crippen LogP contribution in [0.5, 0.6) is 0 Å². The third-order valence-corrected chi connectivity index (χ3v) is 5.80. The van der Waals surface area contributed by atoms with E-state index in [0.29, 0.717) is 17.9 Å². The highest BCUT2D eigenvalue weighted by atomic mass is 15.4. The Bertz CT molecular complexity index is 941. The average Bonchev–Trinajstić information content (AvgIpc) is 3.42. The van der Waals surface area contributed by atoms with Gasteiger partial charge in [-0.2, -0.15) is 14.6 Å². The zero-order valence-electron chi connectivity index (χ0n) is 15.8. The van der Waals surface area contributed by atoms with Crippen molar-refractivity contribution in [3.05, 3.63) is 36.2 Å². The molecule has 1 saturated heterocycles. The molecule has 0 unspecified atom stereocenters. The summed E-state index contributed by atoms with van der Waals surface area (Å²) in [5, 5.41) is 4.41. The number of nitrogens with zero attached hydrogens (tertiary/aromatic N) is 8. The Labute approximate surface area is 158 Å². The lowest BCUT2D eigenvalue weighted by Gasteiger charge is -2.40. The number of anilines is 2. The third kappa shape index (κ3) is 2.89. The lowest BCUT2D eigenvalue weighted by atomic mass is 10.0. The second-order valence-corrected chi connectivity index (χ2v) is 7.54. The molecule has 0 bridgehead atoms.